The number of nitrogens with zero attached hydrogens (tertiary/aromatic N) is 6. The van der Waals surface area contributed by atoms with Crippen LogP contribution in [0, 0.1) is 0 Å². The minimum Gasteiger partial charge on any atom is -0.289 e. The topological polar surface area (TPSA) is 115 Å². The van der Waals surface area contributed by atoms with Gasteiger partial charge in [-0.05, 0) is 53.6 Å². The second-order valence-electron chi connectivity index (χ2n) is 6.08. The Balaban J connectivity index is 1.82. The second-order valence-corrected chi connectivity index (χ2v) is 6.08. The molecule has 0 N–H and O–H groups in total. The van der Waals surface area contributed by atoms with Crippen molar-refractivity contribution in [2.75, 3.05) is 0 Å². The van der Waals surface area contributed by atoms with Crippen LogP contribution in [0.4, 0.5) is 11.4 Å². The van der Waals surface area contributed by atoms with Gasteiger partial charge in [-0.25, -0.2) is 0 Å². The first-order valence-electron chi connectivity index (χ1n) is 8.46. The van der Waals surface area contributed by atoms with Crippen LogP contribution in [0.2, 0.25) is 0 Å². The fourth-order valence-corrected chi connectivity index (χ4v) is 2.96. The molecule has 1 fully saturated rings. The Morgan fingerprint density at radius 2 is 1.15 bits per heavy atom. The van der Waals surface area contributed by atoms with Crippen molar-refractivity contribution < 1.29 is 4.79 Å². The monoisotopic (exact) mass is 356 g/mol. The summed E-state index contributed by atoms with van der Waals surface area (Å²) >= 11 is 0. The molecule has 1 aliphatic carbocycles. The highest BCUT2D eigenvalue weighted by Gasteiger charge is 2.20. The van der Waals surface area contributed by atoms with Gasteiger partial charge in [0.1, 0.15) is 0 Å². The molecule has 2 aromatic carbocycles. The quantitative estimate of drug-likeness (QED) is 0.255. The molecule has 7 heteroatoms. The first kappa shape index (κ1) is 18.0. The molecule has 0 bridgehead atoms. The molecule has 3 rings (SSSR count). The van der Waals surface area contributed by atoms with Crippen LogP contribution >= 0.6 is 0 Å². The zero-order valence-electron chi connectivity index (χ0n) is 14.5. The van der Waals surface area contributed by atoms with E-state index in [2.05, 4.69) is 20.1 Å². The third-order valence-electron chi connectivity index (χ3n) is 4.26. The zero-order chi connectivity index (χ0) is 19.1. The SMILES string of the molecule is [N-]=[N+]=Nc1ccc(C=C2CCCC(=Cc3ccc(N=[N+]=[N-])cc3)C2=O)cc1. The second kappa shape index (κ2) is 8.54. The molecular weight excluding hydrogens is 340 g/mol. The Bertz CT molecular complexity index is 924. The number of carbonyl (C=O) groups is 1. The van der Waals surface area contributed by atoms with E-state index in [4.69, 9.17) is 11.1 Å². The number of carbonyl (C=O) groups excluding carboxylic acids is 1. The fraction of sp³-hybridized carbons (Fsp3) is 0.150. The molecule has 0 saturated heterocycles. The summed E-state index contributed by atoms with van der Waals surface area (Å²) in [6, 6.07) is 14.2. The predicted octanol–water partition coefficient (Wildman–Crippen LogP) is 6.79. The van der Waals surface area contributed by atoms with E-state index >= 15 is 0 Å². The summed E-state index contributed by atoms with van der Waals surface area (Å²) in [5, 5.41) is 7.09. The van der Waals surface area contributed by atoms with Gasteiger partial charge < -0.3 is 0 Å². The largest absolute Gasteiger partial charge is 0.289 e. The summed E-state index contributed by atoms with van der Waals surface area (Å²) in [6.45, 7) is 0. The number of hydrogen-bond donors (Lipinski definition) is 0. The summed E-state index contributed by atoms with van der Waals surface area (Å²) < 4.78 is 0. The van der Waals surface area contributed by atoms with Gasteiger partial charge >= 0.3 is 0 Å². The molecule has 0 aliphatic heterocycles. The minimum absolute atomic E-state index is 0.0551. The lowest BCUT2D eigenvalue weighted by Crippen LogP contribution is -2.12. The van der Waals surface area contributed by atoms with Crippen LogP contribution < -0.4 is 0 Å². The van der Waals surface area contributed by atoms with E-state index in [1.165, 1.54) is 0 Å². The molecule has 1 aliphatic rings. The van der Waals surface area contributed by atoms with Crippen molar-refractivity contribution in [2.45, 2.75) is 19.3 Å². The van der Waals surface area contributed by atoms with Crippen LogP contribution in [0.1, 0.15) is 30.4 Å². The van der Waals surface area contributed by atoms with Crippen molar-refractivity contribution in [1.29, 1.82) is 0 Å². The lowest BCUT2D eigenvalue weighted by atomic mass is 9.87. The van der Waals surface area contributed by atoms with Gasteiger partial charge in [0.2, 0.25) is 0 Å². The molecule has 1 saturated carbocycles. The Labute approximate surface area is 155 Å². The van der Waals surface area contributed by atoms with E-state index in [0.717, 1.165) is 41.5 Å². The number of benzene rings is 2. The highest BCUT2D eigenvalue weighted by Crippen LogP contribution is 2.28. The molecule has 0 aromatic heterocycles. The summed E-state index contributed by atoms with van der Waals surface area (Å²) in [5.41, 5.74) is 21.3. The number of ketones is 1. The Morgan fingerprint density at radius 1 is 0.741 bits per heavy atom. The Hall–Kier alpha value is -3.79. The van der Waals surface area contributed by atoms with Crippen molar-refractivity contribution in [2.24, 2.45) is 10.2 Å². The van der Waals surface area contributed by atoms with Gasteiger partial charge in [0.05, 0.1) is 0 Å². The van der Waals surface area contributed by atoms with E-state index in [-0.39, 0.29) is 5.78 Å². The van der Waals surface area contributed by atoms with Gasteiger partial charge in [-0.15, -0.1) is 0 Å². The molecule has 27 heavy (non-hydrogen) atoms. The molecule has 0 atom stereocenters. The van der Waals surface area contributed by atoms with Crippen LogP contribution in [0.5, 0.6) is 0 Å². The van der Waals surface area contributed by atoms with Gasteiger partial charge in [0.25, 0.3) is 0 Å². The molecule has 0 spiro atoms. The fourth-order valence-electron chi connectivity index (χ4n) is 2.96. The highest BCUT2D eigenvalue weighted by atomic mass is 16.1. The molecule has 7 nitrogen and oxygen atoms in total. The molecule has 0 heterocycles. The summed E-state index contributed by atoms with van der Waals surface area (Å²) in [6.07, 6.45) is 6.17. The van der Waals surface area contributed by atoms with Crippen LogP contribution in [-0.4, -0.2) is 5.78 Å². The minimum atomic E-state index is 0.0551. The van der Waals surface area contributed by atoms with Crippen molar-refractivity contribution in [3.05, 3.63) is 91.7 Å². The first-order valence-corrected chi connectivity index (χ1v) is 8.46. The van der Waals surface area contributed by atoms with Crippen LogP contribution in [0.15, 0.2) is 69.9 Å². The van der Waals surface area contributed by atoms with Crippen LogP contribution in [0.3, 0.4) is 0 Å². The molecule has 0 unspecified atom stereocenters. The number of hydrogen-bond acceptors (Lipinski definition) is 3. The summed E-state index contributed by atoms with van der Waals surface area (Å²) in [4.78, 5) is 18.3. The number of azide groups is 2. The van der Waals surface area contributed by atoms with E-state index in [0.29, 0.717) is 11.4 Å². The summed E-state index contributed by atoms with van der Waals surface area (Å²) in [7, 11) is 0. The standard InChI is InChI=1S/C20H16N6O/c21-25-23-18-8-4-14(5-9-18)12-16-2-1-3-17(20(16)27)13-15-6-10-19(11-7-15)24-26-22/h4-13H,1-3H2. The maximum atomic E-state index is 12.8. The van der Waals surface area contributed by atoms with Crippen molar-refractivity contribution in [3.63, 3.8) is 0 Å². The maximum Gasteiger partial charge on any atom is 0.185 e. The summed E-state index contributed by atoms with van der Waals surface area (Å²) in [5.74, 6) is 0.0551. The smallest absolute Gasteiger partial charge is 0.185 e. The van der Waals surface area contributed by atoms with E-state index in [1.54, 1.807) is 24.3 Å². The Morgan fingerprint density at radius 3 is 1.52 bits per heavy atom. The van der Waals surface area contributed by atoms with Gasteiger partial charge in [0, 0.05) is 32.3 Å². The maximum absolute atomic E-state index is 12.8. The van der Waals surface area contributed by atoms with E-state index in [9.17, 15) is 4.79 Å². The highest BCUT2D eigenvalue weighted by molar-refractivity contribution is 6.13. The average Bonchev–Trinajstić information content (AvgIpc) is 2.68. The van der Waals surface area contributed by atoms with Gasteiger partial charge in [-0.2, -0.15) is 0 Å². The third kappa shape index (κ3) is 4.64. The van der Waals surface area contributed by atoms with Crippen LogP contribution in [0.25, 0.3) is 33.0 Å². The zero-order valence-corrected chi connectivity index (χ0v) is 14.5. The number of allylic oxidation sites excluding steroid dienone is 2. The van der Waals surface area contributed by atoms with Gasteiger partial charge in [-0.1, -0.05) is 58.8 Å². The lowest BCUT2D eigenvalue weighted by molar-refractivity contribution is -0.112. The molecular formula is C20H16N6O. The van der Waals surface area contributed by atoms with Crippen molar-refractivity contribution in [1.82, 2.24) is 0 Å². The molecule has 0 radical (unpaired) electrons. The Kier molecular flexibility index (Phi) is 5.70. The first-order chi connectivity index (χ1) is 13.2. The number of rotatable bonds is 4. The van der Waals surface area contributed by atoms with Crippen LogP contribution in [-0.2, 0) is 4.79 Å². The van der Waals surface area contributed by atoms with E-state index < -0.39 is 0 Å². The van der Waals surface area contributed by atoms with E-state index in [1.807, 2.05) is 36.4 Å². The predicted molar refractivity (Wildman–Crippen MR) is 105 cm³/mol. The number of Topliss-reactive ketones (excluding diaryl/α,β-unsaturated/α-hetero) is 1. The van der Waals surface area contributed by atoms with Gasteiger partial charge in [0.15, 0.2) is 5.78 Å². The normalized spacial score (nSPS) is 16.7. The van der Waals surface area contributed by atoms with Crippen molar-refractivity contribution in [3.8, 4) is 0 Å². The molecule has 0 amide bonds. The molecule has 2 aromatic rings. The third-order valence-corrected chi connectivity index (χ3v) is 4.26. The average molecular weight is 356 g/mol. The lowest BCUT2D eigenvalue weighted by Gasteiger charge is -2.16. The van der Waals surface area contributed by atoms with Gasteiger partial charge in [-0.3, -0.25) is 4.79 Å². The molecule has 132 valence electrons. The van der Waals surface area contributed by atoms with Crippen molar-refractivity contribution >= 4 is 29.3 Å².